The summed E-state index contributed by atoms with van der Waals surface area (Å²) in [5, 5.41) is 0. The summed E-state index contributed by atoms with van der Waals surface area (Å²) in [4.78, 5) is 14.3. The molecule has 0 bridgehead atoms. The van der Waals surface area contributed by atoms with E-state index in [1.165, 1.54) is 5.56 Å². The second-order valence-corrected chi connectivity index (χ2v) is 6.31. The molecule has 1 aliphatic heterocycles. The maximum Gasteiger partial charge on any atom is 0.340 e. The third-order valence-corrected chi connectivity index (χ3v) is 4.44. The monoisotopic (exact) mass is 333 g/mol. The smallest absolute Gasteiger partial charge is 0.340 e. The zero-order chi connectivity index (χ0) is 17.2. The van der Waals surface area contributed by atoms with Crippen molar-refractivity contribution < 1.29 is 13.9 Å². The van der Waals surface area contributed by atoms with Gasteiger partial charge in [0.2, 0.25) is 0 Å². The van der Waals surface area contributed by atoms with Crippen molar-refractivity contribution in [3.63, 3.8) is 0 Å². The van der Waals surface area contributed by atoms with Crippen LogP contribution in [0.15, 0.2) is 71.3 Å². The summed E-state index contributed by atoms with van der Waals surface area (Å²) in [7, 11) is 0. The molecule has 4 rings (SSSR count). The SMILES string of the molecule is Cc1ccc(CN(Cc2ccco2)C2OC(=O)c3ccccc32)cc1. The van der Waals surface area contributed by atoms with Crippen molar-refractivity contribution >= 4 is 5.97 Å². The van der Waals surface area contributed by atoms with E-state index in [0.717, 1.165) is 16.9 Å². The summed E-state index contributed by atoms with van der Waals surface area (Å²) >= 11 is 0. The van der Waals surface area contributed by atoms with Crippen LogP contribution in [0.1, 0.15) is 39.0 Å². The Morgan fingerprint density at radius 1 is 0.960 bits per heavy atom. The fraction of sp³-hybridized carbons (Fsp3) is 0.190. The molecule has 0 radical (unpaired) electrons. The maximum absolute atomic E-state index is 12.2. The van der Waals surface area contributed by atoms with Gasteiger partial charge in [-0.2, -0.15) is 0 Å². The van der Waals surface area contributed by atoms with Crippen LogP contribution in [-0.2, 0) is 17.8 Å². The van der Waals surface area contributed by atoms with Gasteiger partial charge in [0.1, 0.15) is 5.76 Å². The summed E-state index contributed by atoms with van der Waals surface area (Å²) in [5.74, 6) is 0.571. The standard InChI is InChI=1S/C21H19NO3/c1-15-8-10-16(11-9-15)13-22(14-17-5-4-12-24-17)20-18-6-2-3-7-19(18)21(23)25-20/h2-12,20H,13-14H2,1H3. The molecule has 4 heteroatoms. The van der Waals surface area contributed by atoms with E-state index in [1.807, 2.05) is 36.4 Å². The first-order valence-electron chi connectivity index (χ1n) is 8.32. The summed E-state index contributed by atoms with van der Waals surface area (Å²) in [6, 6.07) is 19.8. The minimum absolute atomic E-state index is 0.269. The van der Waals surface area contributed by atoms with Crippen molar-refractivity contribution in [3.8, 4) is 0 Å². The molecule has 0 spiro atoms. The Hall–Kier alpha value is -2.85. The number of hydrogen-bond acceptors (Lipinski definition) is 4. The molecule has 1 aliphatic rings. The van der Waals surface area contributed by atoms with Gasteiger partial charge in [-0.25, -0.2) is 4.79 Å². The molecule has 4 nitrogen and oxygen atoms in total. The third kappa shape index (κ3) is 3.21. The largest absolute Gasteiger partial charge is 0.468 e. The zero-order valence-corrected chi connectivity index (χ0v) is 14.0. The highest BCUT2D eigenvalue weighted by molar-refractivity contribution is 5.93. The van der Waals surface area contributed by atoms with E-state index >= 15 is 0 Å². The van der Waals surface area contributed by atoms with E-state index in [0.29, 0.717) is 18.7 Å². The van der Waals surface area contributed by atoms with E-state index in [2.05, 4.69) is 36.1 Å². The van der Waals surface area contributed by atoms with E-state index in [9.17, 15) is 4.79 Å². The number of benzene rings is 2. The lowest BCUT2D eigenvalue weighted by Gasteiger charge is -2.27. The first-order chi connectivity index (χ1) is 12.2. The molecule has 0 N–H and O–H groups in total. The number of carbonyl (C=O) groups is 1. The molecule has 3 aromatic rings. The third-order valence-electron chi connectivity index (χ3n) is 4.44. The highest BCUT2D eigenvalue weighted by Gasteiger charge is 2.35. The van der Waals surface area contributed by atoms with Gasteiger partial charge >= 0.3 is 5.97 Å². The molecule has 0 amide bonds. The van der Waals surface area contributed by atoms with E-state index in [1.54, 1.807) is 6.26 Å². The summed E-state index contributed by atoms with van der Waals surface area (Å²) in [6.07, 6.45) is 1.25. The average molecular weight is 333 g/mol. The molecule has 0 saturated heterocycles. The van der Waals surface area contributed by atoms with Gasteiger partial charge in [-0.15, -0.1) is 0 Å². The number of ether oxygens (including phenoxy) is 1. The second-order valence-electron chi connectivity index (χ2n) is 6.31. The van der Waals surface area contributed by atoms with E-state index < -0.39 is 6.23 Å². The van der Waals surface area contributed by atoms with Crippen molar-refractivity contribution in [2.75, 3.05) is 0 Å². The normalized spacial score (nSPS) is 16.1. The van der Waals surface area contributed by atoms with Crippen LogP contribution in [0.25, 0.3) is 0 Å². The average Bonchev–Trinajstić information content (AvgIpc) is 3.25. The lowest BCUT2D eigenvalue weighted by atomic mass is 10.1. The Bertz CT molecular complexity index is 868. The number of hydrogen-bond donors (Lipinski definition) is 0. The number of esters is 1. The van der Waals surface area contributed by atoms with Crippen LogP contribution in [0.2, 0.25) is 0 Å². The van der Waals surface area contributed by atoms with Gasteiger partial charge in [0.15, 0.2) is 6.23 Å². The van der Waals surface area contributed by atoms with Gasteiger partial charge in [0, 0.05) is 12.1 Å². The molecular weight excluding hydrogens is 314 g/mol. The van der Waals surface area contributed by atoms with Crippen LogP contribution in [-0.4, -0.2) is 10.9 Å². The van der Waals surface area contributed by atoms with Gasteiger partial charge in [0.25, 0.3) is 0 Å². The first-order valence-corrected chi connectivity index (χ1v) is 8.32. The Balaban J connectivity index is 1.65. The topological polar surface area (TPSA) is 42.7 Å². The van der Waals surface area contributed by atoms with Crippen molar-refractivity contribution in [2.24, 2.45) is 0 Å². The van der Waals surface area contributed by atoms with Gasteiger partial charge in [-0.3, -0.25) is 4.90 Å². The van der Waals surface area contributed by atoms with Crippen LogP contribution in [0, 0.1) is 6.92 Å². The van der Waals surface area contributed by atoms with Gasteiger partial charge < -0.3 is 9.15 Å². The minimum atomic E-state index is -0.407. The van der Waals surface area contributed by atoms with Crippen LogP contribution in [0.3, 0.4) is 0 Å². The molecule has 25 heavy (non-hydrogen) atoms. The van der Waals surface area contributed by atoms with Gasteiger partial charge in [-0.1, -0.05) is 48.0 Å². The predicted octanol–water partition coefficient (Wildman–Crippen LogP) is 4.46. The Kier molecular flexibility index (Phi) is 4.12. The van der Waals surface area contributed by atoms with Crippen LogP contribution >= 0.6 is 0 Å². The number of nitrogens with zero attached hydrogens (tertiary/aromatic N) is 1. The number of cyclic esters (lactones) is 1. The molecule has 1 aromatic heterocycles. The van der Waals surface area contributed by atoms with Crippen molar-refractivity contribution in [1.29, 1.82) is 0 Å². The minimum Gasteiger partial charge on any atom is -0.468 e. The quantitative estimate of drug-likeness (QED) is 0.647. The Morgan fingerprint density at radius 3 is 2.52 bits per heavy atom. The molecule has 2 heterocycles. The lowest BCUT2D eigenvalue weighted by molar-refractivity contribution is -0.0335. The van der Waals surface area contributed by atoms with Crippen molar-refractivity contribution in [3.05, 3.63) is 94.9 Å². The number of carbonyl (C=O) groups excluding carboxylic acids is 1. The first kappa shape index (κ1) is 15.7. The predicted molar refractivity (Wildman–Crippen MR) is 93.7 cm³/mol. The zero-order valence-electron chi connectivity index (χ0n) is 14.0. The fourth-order valence-corrected chi connectivity index (χ4v) is 3.15. The molecular formula is C21H19NO3. The molecule has 126 valence electrons. The second kappa shape index (κ2) is 6.57. The summed E-state index contributed by atoms with van der Waals surface area (Å²) in [5.41, 5.74) is 3.93. The molecule has 0 saturated carbocycles. The summed E-state index contributed by atoms with van der Waals surface area (Å²) < 4.78 is 11.2. The van der Waals surface area contributed by atoms with Crippen molar-refractivity contribution in [1.82, 2.24) is 4.90 Å². The van der Waals surface area contributed by atoms with Crippen LogP contribution < -0.4 is 0 Å². The molecule has 0 aliphatic carbocycles. The Morgan fingerprint density at radius 2 is 1.76 bits per heavy atom. The summed E-state index contributed by atoms with van der Waals surface area (Å²) in [6.45, 7) is 3.29. The van der Waals surface area contributed by atoms with Gasteiger partial charge in [-0.05, 0) is 30.7 Å². The number of rotatable bonds is 5. The van der Waals surface area contributed by atoms with E-state index in [4.69, 9.17) is 9.15 Å². The lowest BCUT2D eigenvalue weighted by Crippen LogP contribution is -2.28. The fourth-order valence-electron chi connectivity index (χ4n) is 3.15. The molecule has 0 fully saturated rings. The van der Waals surface area contributed by atoms with Crippen LogP contribution in [0.5, 0.6) is 0 Å². The van der Waals surface area contributed by atoms with E-state index in [-0.39, 0.29) is 5.97 Å². The van der Waals surface area contributed by atoms with Crippen LogP contribution in [0.4, 0.5) is 0 Å². The molecule has 2 aromatic carbocycles. The Labute approximate surface area is 146 Å². The van der Waals surface area contributed by atoms with Crippen molar-refractivity contribution in [2.45, 2.75) is 26.2 Å². The molecule has 1 unspecified atom stereocenters. The highest BCUT2D eigenvalue weighted by Crippen LogP contribution is 2.35. The van der Waals surface area contributed by atoms with Gasteiger partial charge in [0.05, 0.1) is 18.4 Å². The number of aryl methyl sites for hydroxylation is 1. The number of fused-ring (bicyclic) bond motifs is 1. The maximum atomic E-state index is 12.2. The highest BCUT2D eigenvalue weighted by atomic mass is 16.6. The number of furan rings is 1. The molecule has 1 atom stereocenters.